The molecule has 1 aromatic heterocycles. The molecule has 0 unspecified atom stereocenters. The lowest BCUT2D eigenvalue weighted by Gasteiger charge is -2.22. The minimum Gasteiger partial charge on any atom is -0.353 e. The van der Waals surface area contributed by atoms with Gasteiger partial charge in [-0.3, -0.25) is 19.0 Å². The molecule has 2 aromatic carbocycles. The summed E-state index contributed by atoms with van der Waals surface area (Å²) in [6.45, 7) is 0.313. The SMILES string of the molecule is O=C(CSc1nc2ccccc2c(=O)n1Cc1ccc(C(=O)NC2CCCC2)cc1)NC1CCCCC1. The van der Waals surface area contributed by atoms with Gasteiger partial charge in [0.2, 0.25) is 5.91 Å². The van der Waals surface area contributed by atoms with E-state index in [1.54, 1.807) is 10.6 Å². The largest absolute Gasteiger partial charge is 0.353 e. The number of carbonyl (C=O) groups excluding carboxylic acids is 2. The number of para-hydroxylation sites is 1. The van der Waals surface area contributed by atoms with Crippen LogP contribution < -0.4 is 16.2 Å². The minimum atomic E-state index is -0.135. The molecule has 2 aliphatic rings. The lowest BCUT2D eigenvalue weighted by molar-refractivity contribution is -0.119. The Morgan fingerprint density at radius 1 is 0.865 bits per heavy atom. The summed E-state index contributed by atoms with van der Waals surface area (Å²) in [4.78, 5) is 43.4. The number of hydrogen-bond donors (Lipinski definition) is 2. The van der Waals surface area contributed by atoms with Crippen molar-refractivity contribution in [3.63, 3.8) is 0 Å². The van der Waals surface area contributed by atoms with Crippen molar-refractivity contribution in [2.24, 2.45) is 0 Å². The highest BCUT2D eigenvalue weighted by Gasteiger charge is 2.19. The molecule has 0 radical (unpaired) electrons. The maximum atomic E-state index is 13.4. The highest BCUT2D eigenvalue weighted by molar-refractivity contribution is 7.99. The van der Waals surface area contributed by atoms with Gasteiger partial charge >= 0.3 is 0 Å². The summed E-state index contributed by atoms with van der Waals surface area (Å²) in [6.07, 6.45) is 10.0. The van der Waals surface area contributed by atoms with Crippen LogP contribution >= 0.6 is 11.8 Å². The zero-order valence-corrected chi connectivity index (χ0v) is 21.9. The third-order valence-corrected chi connectivity index (χ3v) is 8.35. The summed E-state index contributed by atoms with van der Waals surface area (Å²) in [7, 11) is 0. The third-order valence-electron chi connectivity index (χ3n) is 7.38. The molecule has 0 bridgehead atoms. The van der Waals surface area contributed by atoms with E-state index in [1.165, 1.54) is 31.0 Å². The molecule has 2 aliphatic carbocycles. The van der Waals surface area contributed by atoms with Crippen LogP contribution in [0.15, 0.2) is 58.5 Å². The van der Waals surface area contributed by atoms with Crippen LogP contribution in [0, 0.1) is 0 Å². The topological polar surface area (TPSA) is 93.1 Å². The first-order chi connectivity index (χ1) is 18.1. The number of nitrogens with one attached hydrogen (secondary N) is 2. The number of carbonyl (C=O) groups is 2. The monoisotopic (exact) mass is 518 g/mol. The number of aromatic nitrogens is 2. The van der Waals surface area contributed by atoms with Crippen LogP contribution in [0.1, 0.15) is 73.7 Å². The molecular formula is C29H34N4O3S. The summed E-state index contributed by atoms with van der Waals surface area (Å²) < 4.78 is 1.63. The molecular weight excluding hydrogens is 484 g/mol. The summed E-state index contributed by atoms with van der Waals surface area (Å²) in [5.41, 5.74) is 2.00. The van der Waals surface area contributed by atoms with E-state index in [4.69, 9.17) is 4.98 Å². The fourth-order valence-electron chi connectivity index (χ4n) is 5.33. The molecule has 5 rings (SSSR count). The van der Waals surface area contributed by atoms with Gasteiger partial charge in [-0.15, -0.1) is 0 Å². The van der Waals surface area contributed by atoms with Crippen LogP contribution in [0.4, 0.5) is 0 Å². The molecule has 0 aliphatic heterocycles. The molecule has 2 N–H and O–H groups in total. The Labute approximate surface area is 221 Å². The molecule has 0 saturated heterocycles. The molecule has 1 heterocycles. The van der Waals surface area contributed by atoms with Crippen LogP contribution in [-0.4, -0.2) is 39.2 Å². The maximum Gasteiger partial charge on any atom is 0.262 e. The van der Waals surface area contributed by atoms with Crippen molar-refractivity contribution in [3.8, 4) is 0 Å². The van der Waals surface area contributed by atoms with E-state index in [-0.39, 0.29) is 35.2 Å². The zero-order chi connectivity index (χ0) is 25.6. The standard InChI is InChI=1S/C29H34N4O3S/c34-26(30-22-8-2-1-3-9-22)19-37-29-32-25-13-7-6-12-24(25)28(36)33(29)18-20-14-16-21(17-15-20)27(35)31-23-10-4-5-11-23/h6-7,12-17,22-23H,1-5,8-11,18-19H2,(H,30,34)(H,31,35). The quantitative estimate of drug-likeness (QED) is 0.334. The Morgan fingerprint density at radius 2 is 1.51 bits per heavy atom. The molecule has 0 atom stereocenters. The number of thioether (sulfide) groups is 1. The Hall–Kier alpha value is -3.13. The average Bonchev–Trinajstić information content (AvgIpc) is 3.43. The summed E-state index contributed by atoms with van der Waals surface area (Å²) >= 11 is 1.29. The van der Waals surface area contributed by atoms with Gasteiger partial charge < -0.3 is 10.6 Å². The first-order valence-electron chi connectivity index (χ1n) is 13.4. The maximum absolute atomic E-state index is 13.4. The van der Waals surface area contributed by atoms with Crippen LogP contribution in [0.2, 0.25) is 0 Å². The summed E-state index contributed by atoms with van der Waals surface area (Å²) in [5, 5.41) is 7.32. The van der Waals surface area contributed by atoms with Crippen molar-refractivity contribution >= 4 is 34.5 Å². The Bertz CT molecular complexity index is 1310. The molecule has 0 spiro atoms. The van der Waals surface area contributed by atoms with E-state index in [0.29, 0.717) is 28.2 Å². The van der Waals surface area contributed by atoms with Gasteiger partial charge in [-0.05, 0) is 55.5 Å². The van der Waals surface area contributed by atoms with E-state index in [9.17, 15) is 14.4 Å². The first kappa shape index (κ1) is 25.5. The number of fused-ring (bicyclic) bond motifs is 1. The average molecular weight is 519 g/mol. The van der Waals surface area contributed by atoms with Crippen molar-refractivity contribution in [1.29, 1.82) is 0 Å². The predicted octanol–water partition coefficient (Wildman–Crippen LogP) is 4.66. The molecule has 2 saturated carbocycles. The second kappa shape index (κ2) is 11.9. The van der Waals surface area contributed by atoms with Gasteiger partial charge in [0, 0.05) is 17.6 Å². The summed E-state index contributed by atoms with van der Waals surface area (Å²) in [6, 6.07) is 15.2. The molecule has 2 amide bonds. The molecule has 194 valence electrons. The second-order valence-electron chi connectivity index (χ2n) is 10.1. The van der Waals surface area contributed by atoms with E-state index >= 15 is 0 Å². The van der Waals surface area contributed by atoms with Gasteiger partial charge in [-0.25, -0.2) is 4.98 Å². The van der Waals surface area contributed by atoms with E-state index in [1.807, 2.05) is 42.5 Å². The van der Waals surface area contributed by atoms with Gasteiger partial charge in [-0.2, -0.15) is 0 Å². The highest BCUT2D eigenvalue weighted by Crippen LogP contribution is 2.21. The Kier molecular flexibility index (Phi) is 8.24. The fraction of sp³-hybridized carbons (Fsp3) is 0.448. The van der Waals surface area contributed by atoms with E-state index in [2.05, 4.69) is 10.6 Å². The zero-order valence-electron chi connectivity index (χ0n) is 21.1. The number of rotatable bonds is 8. The van der Waals surface area contributed by atoms with Crippen LogP contribution in [0.5, 0.6) is 0 Å². The van der Waals surface area contributed by atoms with Gasteiger partial charge in [0.25, 0.3) is 11.5 Å². The van der Waals surface area contributed by atoms with Gasteiger partial charge in [0.05, 0.1) is 23.2 Å². The highest BCUT2D eigenvalue weighted by atomic mass is 32.2. The van der Waals surface area contributed by atoms with Crippen molar-refractivity contribution in [2.75, 3.05) is 5.75 Å². The normalized spacial score (nSPS) is 16.6. The van der Waals surface area contributed by atoms with Crippen molar-refractivity contribution in [2.45, 2.75) is 81.6 Å². The van der Waals surface area contributed by atoms with Crippen molar-refractivity contribution in [3.05, 3.63) is 70.0 Å². The van der Waals surface area contributed by atoms with Crippen LogP contribution in [-0.2, 0) is 11.3 Å². The lowest BCUT2D eigenvalue weighted by atomic mass is 9.95. The molecule has 37 heavy (non-hydrogen) atoms. The van der Waals surface area contributed by atoms with Crippen molar-refractivity contribution < 1.29 is 9.59 Å². The molecule has 7 nitrogen and oxygen atoms in total. The van der Waals surface area contributed by atoms with Crippen LogP contribution in [0.25, 0.3) is 10.9 Å². The Balaban J connectivity index is 1.32. The van der Waals surface area contributed by atoms with Crippen molar-refractivity contribution in [1.82, 2.24) is 20.2 Å². The predicted molar refractivity (Wildman–Crippen MR) is 147 cm³/mol. The van der Waals surface area contributed by atoms with E-state index < -0.39 is 0 Å². The van der Waals surface area contributed by atoms with E-state index in [0.717, 1.165) is 44.1 Å². The molecule has 2 fully saturated rings. The molecule has 8 heteroatoms. The number of nitrogens with zero attached hydrogens (tertiary/aromatic N) is 2. The third kappa shape index (κ3) is 6.42. The lowest BCUT2D eigenvalue weighted by Crippen LogP contribution is -2.37. The number of benzene rings is 2. The van der Waals surface area contributed by atoms with Gasteiger partial charge in [0.15, 0.2) is 5.16 Å². The van der Waals surface area contributed by atoms with Crippen LogP contribution in [0.3, 0.4) is 0 Å². The smallest absolute Gasteiger partial charge is 0.262 e. The second-order valence-corrected chi connectivity index (χ2v) is 11.1. The molecule has 3 aromatic rings. The van der Waals surface area contributed by atoms with Gasteiger partial charge in [0.1, 0.15) is 0 Å². The minimum absolute atomic E-state index is 0.0246. The van der Waals surface area contributed by atoms with Gasteiger partial charge in [-0.1, -0.05) is 68.1 Å². The number of hydrogen-bond acceptors (Lipinski definition) is 5. The first-order valence-corrected chi connectivity index (χ1v) is 14.4. The Morgan fingerprint density at radius 3 is 2.24 bits per heavy atom. The fourth-order valence-corrected chi connectivity index (χ4v) is 6.14. The summed E-state index contributed by atoms with van der Waals surface area (Å²) in [5.74, 6) is 0.133. The number of amides is 2.